The molecule has 0 spiro atoms. The number of hydrogen-bond donors (Lipinski definition) is 1. The molecule has 2 saturated heterocycles. The molecule has 0 saturated carbocycles. The van der Waals surface area contributed by atoms with Crippen molar-refractivity contribution in [1.82, 2.24) is 14.1 Å². The Morgan fingerprint density at radius 1 is 1.11 bits per heavy atom. The van der Waals surface area contributed by atoms with Crippen LogP contribution in [0.1, 0.15) is 12.8 Å². The van der Waals surface area contributed by atoms with E-state index in [0.29, 0.717) is 13.0 Å². The molecule has 8 nitrogen and oxygen atoms in total. The van der Waals surface area contributed by atoms with E-state index in [9.17, 15) is 27.5 Å². The van der Waals surface area contributed by atoms with Crippen LogP contribution in [0.4, 0.5) is 4.39 Å². The third-order valence-electron chi connectivity index (χ3n) is 5.03. The first-order valence-electron chi connectivity index (χ1n) is 8.80. The molecule has 1 aromatic rings. The largest absolute Gasteiger partial charge is 0.480 e. The second-order valence-electron chi connectivity index (χ2n) is 6.68. The van der Waals surface area contributed by atoms with Crippen LogP contribution in [0, 0.1) is 5.82 Å². The minimum absolute atomic E-state index is 0.0109. The van der Waals surface area contributed by atoms with Crippen LogP contribution in [0.5, 0.6) is 0 Å². The summed E-state index contributed by atoms with van der Waals surface area (Å²) in [6, 6.07) is 4.57. The van der Waals surface area contributed by atoms with Gasteiger partial charge in [0.05, 0.1) is 6.54 Å². The quantitative estimate of drug-likeness (QED) is 0.760. The van der Waals surface area contributed by atoms with Crippen LogP contribution < -0.4 is 0 Å². The van der Waals surface area contributed by atoms with Gasteiger partial charge >= 0.3 is 5.97 Å². The Morgan fingerprint density at radius 2 is 1.78 bits per heavy atom. The van der Waals surface area contributed by atoms with E-state index in [0.717, 1.165) is 12.5 Å². The van der Waals surface area contributed by atoms with Gasteiger partial charge in [-0.05, 0) is 31.5 Å². The molecule has 0 radical (unpaired) electrons. The van der Waals surface area contributed by atoms with Crippen molar-refractivity contribution >= 4 is 21.9 Å². The predicted octanol–water partition coefficient (Wildman–Crippen LogP) is 0.208. The van der Waals surface area contributed by atoms with Gasteiger partial charge in [-0.2, -0.15) is 4.31 Å². The van der Waals surface area contributed by atoms with Gasteiger partial charge in [0.25, 0.3) is 0 Å². The maximum Gasteiger partial charge on any atom is 0.320 e. The third kappa shape index (κ3) is 4.12. The molecular weight excluding hydrogens is 377 g/mol. The van der Waals surface area contributed by atoms with Gasteiger partial charge in [0.15, 0.2) is 0 Å². The number of likely N-dealkylation sites (tertiary alicyclic amines) is 1. The van der Waals surface area contributed by atoms with E-state index in [2.05, 4.69) is 0 Å². The summed E-state index contributed by atoms with van der Waals surface area (Å²) in [6.45, 7) is 1.10. The van der Waals surface area contributed by atoms with Crippen molar-refractivity contribution in [3.8, 4) is 0 Å². The van der Waals surface area contributed by atoms with Gasteiger partial charge in [0.1, 0.15) is 16.8 Å². The number of piperazine rings is 1. The van der Waals surface area contributed by atoms with E-state index in [1.165, 1.54) is 27.4 Å². The fourth-order valence-corrected chi connectivity index (χ4v) is 5.03. The third-order valence-corrected chi connectivity index (χ3v) is 6.96. The number of carboxylic acids is 1. The lowest BCUT2D eigenvalue weighted by atomic mass is 10.2. The van der Waals surface area contributed by atoms with E-state index in [1.54, 1.807) is 4.90 Å². The molecule has 1 N–H and O–H groups in total. The summed E-state index contributed by atoms with van der Waals surface area (Å²) in [5.74, 6) is -1.95. The molecule has 0 bridgehead atoms. The average molecular weight is 399 g/mol. The average Bonchev–Trinajstić information content (AvgIpc) is 3.10. The normalized spacial score (nSPS) is 22.1. The van der Waals surface area contributed by atoms with Crippen LogP contribution >= 0.6 is 0 Å². The number of aliphatic carboxylic acids is 1. The highest BCUT2D eigenvalue weighted by Gasteiger charge is 2.35. The Bertz CT molecular complexity index is 824. The lowest BCUT2D eigenvalue weighted by molar-refractivity contribution is -0.143. The monoisotopic (exact) mass is 399 g/mol. The second kappa shape index (κ2) is 7.91. The molecule has 10 heteroatoms. The molecule has 148 valence electrons. The summed E-state index contributed by atoms with van der Waals surface area (Å²) >= 11 is 0. The highest BCUT2D eigenvalue weighted by Crippen LogP contribution is 2.21. The smallest absolute Gasteiger partial charge is 0.320 e. The number of halogens is 1. The van der Waals surface area contributed by atoms with E-state index < -0.39 is 27.9 Å². The molecular formula is C17H22FN3O5S. The zero-order valence-corrected chi connectivity index (χ0v) is 15.6. The summed E-state index contributed by atoms with van der Waals surface area (Å²) in [4.78, 5) is 26.5. The van der Waals surface area contributed by atoms with Crippen LogP contribution in [0.2, 0.25) is 0 Å². The van der Waals surface area contributed by atoms with Crippen molar-refractivity contribution in [3.05, 3.63) is 30.1 Å². The number of benzene rings is 1. The number of nitrogens with zero attached hydrogens (tertiary/aromatic N) is 3. The van der Waals surface area contributed by atoms with Gasteiger partial charge in [-0.1, -0.05) is 12.1 Å². The molecule has 1 amide bonds. The number of carboxylic acid groups (broad SMARTS) is 1. The summed E-state index contributed by atoms with van der Waals surface area (Å²) in [5, 5.41) is 9.19. The van der Waals surface area contributed by atoms with Crippen LogP contribution in [0.15, 0.2) is 29.2 Å². The Labute approximate surface area is 157 Å². The molecule has 1 aromatic carbocycles. The Kier molecular flexibility index (Phi) is 5.78. The molecule has 0 aromatic heterocycles. The van der Waals surface area contributed by atoms with Crippen molar-refractivity contribution in [2.75, 3.05) is 39.3 Å². The number of hydrogen-bond acceptors (Lipinski definition) is 5. The molecule has 3 rings (SSSR count). The molecule has 2 aliphatic rings. The lowest BCUT2D eigenvalue weighted by Crippen LogP contribution is -2.53. The molecule has 0 aliphatic carbocycles. The van der Waals surface area contributed by atoms with E-state index in [4.69, 9.17) is 0 Å². The molecule has 2 heterocycles. The standard InChI is InChI=1S/C17H22FN3O5S/c18-13-4-1-2-6-15(13)27(25,26)21-10-8-19(9-11-21)16(22)12-20-7-3-5-14(20)17(23)24/h1-2,4,6,14H,3,5,7-12H2,(H,23,24). The summed E-state index contributed by atoms with van der Waals surface area (Å²) < 4.78 is 40.2. The van der Waals surface area contributed by atoms with Crippen molar-refractivity contribution in [1.29, 1.82) is 0 Å². The minimum atomic E-state index is -3.95. The van der Waals surface area contributed by atoms with Gasteiger partial charge in [-0.15, -0.1) is 0 Å². The fraction of sp³-hybridized carbons (Fsp3) is 0.529. The van der Waals surface area contributed by atoms with Crippen molar-refractivity contribution in [2.24, 2.45) is 0 Å². The van der Waals surface area contributed by atoms with Crippen molar-refractivity contribution in [3.63, 3.8) is 0 Å². The van der Waals surface area contributed by atoms with E-state index in [-0.39, 0.29) is 43.5 Å². The van der Waals surface area contributed by atoms with Gasteiger partial charge in [0.2, 0.25) is 15.9 Å². The maximum atomic E-state index is 13.9. The first kappa shape index (κ1) is 19.7. The zero-order valence-electron chi connectivity index (χ0n) is 14.8. The van der Waals surface area contributed by atoms with Crippen LogP contribution in [-0.2, 0) is 19.6 Å². The SMILES string of the molecule is O=C(O)C1CCCN1CC(=O)N1CCN(S(=O)(=O)c2ccccc2F)CC1. The number of carbonyl (C=O) groups is 2. The topological polar surface area (TPSA) is 98.2 Å². The Balaban J connectivity index is 1.59. The lowest BCUT2D eigenvalue weighted by Gasteiger charge is -2.35. The summed E-state index contributed by atoms with van der Waals surface area (Å²) in [5.41, 5.74) is 0. The number of amides is 1. The molecule has 2 aliphatic heterocycles. The van der Waals surface area contributed by atoms with Crippen LogP contribution in [0.25, 0.3) is 0 Å². The summed E-state index contributed by atoms with van der Waals surface area (Å²) in [6.07, 6.45) is 1.26. The van der Waals surface area contributed by atoms with Gasteiger partial charge < -0.3 is 10.0 Å². The number of rotatable bonds is 5. The Hall–Kier alpha value is -2.04. The van der Waals surface area contributed by atoms with Crippen molar-refractivity contribution < 1.29 is 27.5 Å². The zero-order chi connectivity index (χ0) is 19.6. The number of sulfonamides is 1. The summed E-state index contributed by atoms with van der Waals surface area (Å²) in [7, 11) is -3.95. The first-order chi connectivity index (χ1) is 12.8. The van der Waals surface area contributed by atoms with Gasteiger partial charge in [0, 0.05) is 26.2 Å². The fourth-order valence-electron chi connectivity index (χ4n) is 3.54. The minimum Gasteiger partial charge on any atom is -0.480 e. The first-order valence-corrected chi connectivity index (χ1v) is 10.2. The molecule has 1 unspecified atom stereocenters. The maximum absolute atomic E-state index is 13.9. The second-order valence-corrected chi connectivity index (χ2v) is 8.59. The van der Waals surface area contributed by atoms with E-state index >= 15 is 0 Å². The van der Waals surface area contributed by atoms with Gasteiger partial charge in [-0.25, -0.2) is 12.8 Å². The predicted molar refractivity (Wildman–Crippen MR) is 94.0 cm³/mol. The van der Waals surface area contributed by atoms with Crippen LogP contribution in [-0.4, -0.2) is 84.8 Å². The van der Waals surface area contributed by atoms with E-state index in [1.807, 2.05) is 0 Å². The van der Waals surface area contributed by atoms with Crippen LogP contribution in [0.3, 0.4) is 0 Å². The molecule has 1 atom stereocenters. The molecule has 2 fully saturated rings. The van der Waals surface area contributed by atoms with Gasteiger partial charge in [-0.3, -0.25) is 14.5 Å². The highest BCUT2D eigenvalue weighted by atomic mass is 32.2. The Morgan fingerprint density at radius 3 is 2.41 bits per heavy atom. The molecule has 27 heavy (non-hydrogen) atoms. The van der Waals surface area contributed by atoms with Crippen molar-refractivity contribution in [2.45, 2.75) is 23.8 Å². The number of carbonyl (C=O) groups excluding carboxylic acids is 1. The highest BCUT2D eigenvalue weighted by molar-refractivity contribution is 7.89.